The molecule has 1 aromatic carbocycles. The molecule has 0 radical (unpaired) electrons. The lowest BCUT2D eigenvalue weighted by atomic mass is 10.1. The highest BCUT2D eigenvalue weighted by atomic mass is 32.2. The number of carbonyl (C=O) groups is 2. The van der Waals surface area contributed by atoms with Crippen molar-refractivity contribution in [2.45, 2.75) is 6.42 Å². The molecule has 1 saturated heterocycles. The monoisotopic (exact) mass is 312 g/mol. The number of primary sulfonamides is 1. The molecule has 1 unspecified atom stereocenters. The van der Waals surface area contributed by atoms with Crippen molar-refractivity contribution >= 4 is 27.5 Å². The van der Waals surface area contributed by atoms with Gasteiger partial charge in [0.15, 0.2) is 0 Å². The van der Waals surface area contributed by atoms with E-state index >= 15 is 0 Å². The van der Waals surface area contributed by atoms with Crippen LogP contribution >= 0.6 is 0 Å². The number of nitrogens with zero attached hydrogens (tertiary/aromatic N) is 1. The minimum Gasteiger partial charge on any atom is -0.312 e. The third-order valence-corrected chi connectivity index (χ3v) is 4.18. The molecule has 0 aromatic heterocycles. The molecule has 2 amide bonds. The minimum atomic E-state index is -3.60. The molecule has 5 N–H and O–H groups in total. The molecule has 9 heteroatoms. The fraction of sp³-hybridized carbons (Fsp3) is 0.333. The van der Waals surface area contributed by atoms with Crippen molar-refractivity contribution in [1.82, 2.24) is 5.43 Å². The van der Waals surface area contributed by atoms with E-state index in [1.54, 1.807) is 12.1 Å². The summed E-state index contributed by atoms with van der Waals surface area (Å²) in [6, 6.07) is 6.30. The Morgan fingerprint density at radius 3 is 2.48 bits per heavy atom. The Bertz CT molecular complexity index is 656. The molecule has 8 nitrogen and oxygen atoms in total. The van der Waals surface area contributed by atoms with Crippen LogP contribution in [0.3, 0.4) is 0 Å². The maximum absolute atomic E-state index is 11.9. The van der Waals surface area contributed by atoms with E-state index in [9.17, 15) is 18.0 Å². The van der Waals surface area contributed by atoms with Gasteiger partial charge in [-0.05, 0) is 24.3 Å². The second-order valence-electron chi connectivity index (χ2n) is 4.92. The molecule has 1 aliphatic heterocycles. The molecule has 0 bridgehead atoms. The second kappa shape index (κ2) is 5.80. The SMILES string of the molecule is NNC(=O)c1ccc(N2CC(CS(N)(=O)=O)CC2=O)cc1. The Hall–Kier alpha value is -1.97. The summed E-state index contributed by atoms with van der Waals surface area (Å²) in [5.74, 6) is 3.90. The number of hydrazine groups is 1. The summed E-state index contributed by atoms with van der Waals surface area (Å²) in [4.78, 5) is 24.7. The summed E-state index contributed by atoms with van der Waals surface area (Å²) in [5.41, 5.74) is 2.98. The van der Waals surface area contributed by atoms with Gasteiger partial charge in [-0.3, -0.25) is 15.0 Å². The van der Waals surface area contributed by atoms with Crippen LogP contribution in [0.2, 0.25) is 0 Å². The number of nitrogens with one attached hydrogen (secondary N) is 1. The molecule has 1 heterocycles. The molecular formula is C12H16N4O4S. The van der Waals surface area contributed by atoms with E-state index in [1.807, 2.05) is 5.43 Å². The molecule has 21 heavy (non-hydrogen) atoms. The lowest BCUT2D eigenvalue weighted by Crippen LogP contribution is -2.30. The number of anilines is 1. The van der Waals surface area contributed by atoms with Crippen LogP contribution in [0, 0.1) is 5.92 Å². The maximum atomic E-state index is 11.9. The van der Waals surface area contributed by atoms with E-state index in [1.165, 1.54) is 17.0 Å². The Balaban J connectivity index is 2.12. The van der Waals surface area contributed by atoms with Crippen molar-refractivity contribution in [3.05, 3.63) is 29.8 Å². The largest absolute Gasteiger partial charge is 0.312 e. The summed E-state index contributed by atoms with van der Waals surface area (Å²) in [7, 11) is -3.60. The van der Waals surface area contributed by atoms with Gasteiger partial charge in [0.1, 0.15) is 0 Å². The predicted molar refractivity (Wildman–Crippen MR) is 76.5 cm³/mol. The number of benzene rings is 1. The predicted octanol–water partition coefficient (Wildman–Crippen LogP) is -1.07. The second-order valence-corrected chi connectivity index (χ2v) is 6.58. The Kier molecular flexibility index (Phi) is 4.26. The van der Waals surface area contributed by atoms with Crippen molar-refractivity contribution in [3.63, 3.8) is 0 Å². The van der Waals surface area contributed by atoms with Crippen LogP contribution in [-0.4, -0.2) is 32.5 Å². The highest BCUT2D eigenvalue weighted by molar-refractivity contribution is 7.89. The lowest BCUT2D eigenvalue weighted by molar-refractivity contribution is -0.117. The third kappa shape index (κ3) is 3.78. The molecule has 1 aromatic rings. The first-order valence-corrected chi connectivity index (χ1v) is 7.93. The van der Waals surface area contributed by atoms with Crippen LogP contribution in [0.1, 0.15) is 16.8 Å². The molecule has 0 saturated carbocycles. The number of nitrogen functional groups attached to an aromatic ring is 1. The first kappa shape index (κ1) is 15.4. The topological polar surface area (TPSA) is 136 Å². The fourth-order valence-electron chi connectivity index (χ4n) is 2.35. The van der Waals surface area contributed by atoms with E-state index in [0.717, 1.165) is 0 Å². The van der Waals surface area contributed by atoms with Gasteiger partial charge in [0.25, 0.3) is 5.91 Å². The van der Waals surface area contributed by atoms with Gasteiger partial charge < -0.3 is 4.90 Å². The van der Waals surface area contributed by atoms with E-state index in [2.05, 4.69) is 0 Å². The van der Waals surface area contributed by atoms with Gasteiger partial charge in [0.05, 0.1) is 5.75 Å². The number of carbonyl (C=O) groups excluding carboxylic acids is 2. The van der Waals surface area contributed by atoms with Crippen LogP contribution in [0.4, 0.5) is 5.69 Å². The first-order valence-electron chi connectivity index (χ1n) is 6.22. The first-order chi connectivity index (χ1) is 9.80. The maximum Gasteiger partial charge on any atom is 0.265 e. The lowest BCUT2D eigenvalue weighted by Gasteiger charge is -2.17. The van der Waals surface area contributed by atoms with Crippen LogP contribution in [-0.2, 0) is 14.8 Å². The van der Waals surface area contributed by atoms with Crippen molar-refractivity contribution in [2.24, 2.45) is 16.9 Å². The van der Waals surface area contributed by atoms with Crippen LogP contribution in [0.15, 0.2) is 24.3 Å². The zero-order valence-electron chi connectivity index (χ0n) is 11.2. The van der Waals surface area contributed by atoms with Gasteiger partial charge in [-0.2, -0.15) is 0 Å². The average Bonchev–Trinajstić information content (AvgIpc) is 2.76. The molecule has 114 valence electrons. The van der Waals surface area contributed by atoms with E-state index in [0.29, 0.717) is 11.3 Å². The van der Waals surface area contributed by atoms with Gasteiger partial charge in [0, 0.05) is 30.1 Å². The van der Waals surface area contributed by atoms with Crippen molar-refractivity contribution in [1.29, 1.82) is 0 Å². The van der Waals surface area contributed by atoms with Crippen molar-refractivity contribution < 1.29 is 18.0 Å². The molecular weight excluding hydrogens is 296 g/mol. The van der Waals surface area contributed by atoms with E-state index in [-0.39, 0.29) is 30.5 Å². The minimum absolute atomic E-state index is 0.140. The summed E-state index contributed by atoms with van der Waals surface area (Å²) >= 11 is 0. The fourth-order valence-corrected chi connectivity index (χ4v) is 3.23. The Labute approximate surface area is 122 Å². The van der Waals surface area contributed by atoms with Crippen LogP contribution in [0.25, 0.3) is 0 Å². The number of sulfonamides is 1. The summed E-state index contributed by atoms with van der Waals surface area (Å²) < 4.78 is 22.2. The zero-order chi connectivity index (χ0) is 15.6. The number of rotatable bonds is 4. The zero-order valence-corrected chi connectivity index (χ0v) is 12.0. The molecule has 1 fully saturated rings. The van der Waals surface area contributed by atoms with Crippen molar-refractivity contribution in [2.75, 3.05) is 17.2 Å². The Morgan fingerprint density at radius 1 is 1.33 bits per heavy atom. The molecule has 1 atom stereocenters. The molecule has 0 spiro atoms. The van der Waals surface area contributed by atoms with Gasteiger partial charge >= 0.3 is 0 Å². The van der Waals surface area contributed by atoms with E-state index in [4.69, 9.17) is 11.0 Å². The number of hydrogen-bond donors (Lipinski definition) is 3. The number of hydrogen-bond acceptors (Lipinski definition) is 5. The number of amides is 2. The summed E-state index contributed by atoms with van der Waals surface area (Å²) in [5, 5.41) is 5.00. The number of nitrogens with two attached hydrogens (primary N) is 2. The van der Waals surface area contributed by atoms with Gasteiger partial charge in [0.2, 0.25) is 15.9 Å². The smallest absolute Gasteiger partial charge is 0.265 e. The van der Waals surface area contributed by atoms with Gasteiger partial charge in [-0.25, -0.2) is 19.4 Å². The molecule has 0 aliphatic carbocycles. The molecule has 1 aliphatic rings. The third-order valence-electron chi connectivity index (χ3n) is 3.25. The standard InChI is InChI=1S/C12H16N4O4S/c13-15-12(18)9-1-3-10(4-2-9)16-6-8(5-11(16)17)7-21(14,19)20/h1-4,8H,5-7,13H2,(H,15,18)(H2,14,19,20). The highest BCUT2D eigenvalue weighted by Crippen LogP contribution is 2.25. The quantitative estimate of drug-likeness (QED) is 0.369. The summed E-state index contributed by atoms with van der Waals surface area (Å²) in [6.07, 6.45) is 0.140. The highest BCUT2D eigenvalue weighted by Gasteiger charge is 2.32. The molecule has 2 rings (SSSR count). The average molecular weight is 312 g/mol. The Morgan fingerprint density at radius 2 is 1.95 bits per heavy atom. The van der Waals surface area contributed by atoms with Gasteiger partial charge in [-0.15, -0.1) is 0 Å². The van der Waals surface area contributed by atoms with Gasteiger partial charge in [-0.1, -0.05) is 0 Å². The van der Waals surface area contributed by atoms with Crippen molar-refractivity contribution in [3.8, 4) is 0 Å². The normalized spacial score (nSPS) is 18.9. The van der Waals surface area contributed by atoms with Crippen LogP contribution in [0.5, 0.6) is 0 Å². The van der Waals surface area contributed by atoms with E-state index < -0.39 is 15.9 Å². The summed E-state index contributed by atoms with van der Waals surface area (Å²) in [6.45, 7) is 0.289. The van der Waals surface area contributed by atoms with Crippen LogP contribution < -0.4 is 21.3 Å².